The highest BCUT2D eigenvalue weighted by Crippen LogP contribution is 2.40. The molecule has 6 nitrogen and oxygen atoms in total. The lowest BCUT2D eigenvalue weighted by atomic mass is 10.0. The Balaban J connectivity index is 2.12. The molecule has 1 atom stereocenters. The molecule has 176 valence electrons. The van der Waals surface area contributed by atoms with Crippen molar-refractivity contribution in [3.8, 4) is 11.3 Å². The predicted molar refractivity (Wildman–Crippen MR) is 105 cm³/mol. The van der Waals surface area contributed by atoms with Crippen molar-refractivity contribution < 1.29 is 35.9 Å². The number of benzene rings is 1. The molecule has 1 heterocycles. The number of carbonyl (C=O) groups excluding carboxylic acids is 1. The number of nitrogens with one attached hydrogen (secondary N) is 2. The van der Waals surface area contributed by atoms with Crippen LogP contribution in [0.15, 0.2) is 30.3 Å². The normalized spacial score (nSPS) is 13.4. The zero-order valence-electron chi connectivity index (χ0n) is 17.6. The summed E-state index contributed by atoms with van der Waals surface area (Å²) in [4.78, 5) is 11.7. The van der Waals surface area contributed by atoms with Crippen LogP contribution in [0.3, 0.4) is 0 Å². The fourth-order valence-electron chi connectivity index (χ4n) is 2.57. The Hall–Kier alpha value is -3.05. The lowest BCUT2D eigenvalue weighted by molar-refractivity contribution is -0.142. The van der Waals surface area contributed by atoms with E-state index in [1.54, 1.807) is 27.7 Å². The van der Waals surface area contributed by atoms with Crippen molar-refractivity contribution >= 4 is 11.9 Å². The molecule has 0 unspecified atom stereocenters. The number of aromatic nitrogens is 2. The first-order valence-corrected chi connectivity index (χ1v) is 9.42. The van der Waals surface area contributed by atoms with Crippen molar-refractivity contribution in [3.63, 3.8) is 0 Å². The van der Waals surface area contributed by atoms with Crippen LogP contribution in [0.5, 0.6) is 0 Å². The third-order valence-electron chi connectivity index (χ3n) is 3.95. The average molecular weight is 464 g/mol. The molecular weight excluding hydrogens is 442 g/mol. The number of rotatable bonds is 5. The molecule has 0 saturated carbocycles. The molecule has 2 aromatic rings. The van der Waals surface area contributed by atoms with E-state index in [1.807, 2.05) is 0 Å². The Kier molecular flexibility index (Phi) is 7.26. The molecule has 0 fully saturated rings. The van der Waals surface area contributed by atoms with Crippen molar-refractivity contribution in [3.05, 3.63) is 41.5 Å². The van der Waals surface area contributed by atoms with E-state index in [4.69, 9.17) is 4.74 Å². The summed E-state index contributed by atoms with van der Waals surface area (Å²) >= 11 is 0. The van der Waals surface area contributed by atoms with E-state index in [0.29, 0.717) is 6.07 Å². The molecule has 1 amide bonds. The highest BCUT2D eigenvalue weighted by atomic mass is 19.4. The van der Waals surface area contributed by atoms with Crippen molar-refractivity contribution in [1.29, 1.82) is 0 Å². The summed E-state index contributed by atoms with van der Waals surface area (Å²) in [5, 5.41) is 12.9. The van der Waals surface area contributed by atoms with Crippen LogP contribution in [0.2, 0.25) is 0 Å². The zero-order valence-corrected chi connectivity index (χ0v) is 17.6. The summed E-state index contributed by atoms with van der Waals surface area (Å²) in [6.07, 6.45) is -10.5. The number of amides is 1. The van der Waals surface area contributed by atoms with Gasteiger partial charge in [-0.3, -0.25) is 0 Å². The van der Waals surface area contributed by atoms with Gasteiger partial charge < -0.3 is 15.4 Å². The third kappa shape index (κ3) is 7.27. The molecule has 0 aliphatic rings. The number of carbonyl (C=O) groups is 1. The standard InChI is InChI=1S/C20H22F6N4O2/c1-11(28-17(31)32-18(2,3)4)10-27-16-8-7-15(29-30-16)13-6-5-12(19(21,22)23)9-14(13)20(24,25)26/h5-9,11H,10H2,1-4H3,(H,27,30)(H,28,31)/t11-/m1/s1. The molecule has 0 spiro atoms. The van der Waals surface area contributed by atoms with Crippen LogP contribution < -0.4 is 10.6 Å². The van der Waals surface area contributed by atoms with Gasteiger partial charge in [0.05, 0.1) is 16.8 Å². The maximum atomic E-state index is 13.3. The summed E-state index contributed by atoms with van der Waals surface area (Å²) in [5.41, 5.74) is -4.30. The summed E-state index contributed by atoms with van der Waals surface area (Å²) in [6.45, 7) is 7.05. The first-order chi connectivity index (χ1) is 14.6. The van der Waals surface area contributed by atoms with Crippen molar-refractivity contribution in [1.82, 2.24) is 15.5 Å². The summed E-state index contributed by atoms with van der Waals surface area (Å²) in [6, 6.07) is 3.49. The molecule has 2 rings (SSSR count). The van der Waals surface area contributed by atoms with Gasteiger partial charge in [-0.1, -0.05) is 6.07 Å². The van der Waals surface area contributed by atoms with E-state index in [0.717, 1.165) is 6.07 Å². The zero-order chi connectivity index (χ0) is 24.3. The number of hydrogen-bond acceptors (Lipinski definition) is 5. The topological polar surface area (TPSA) is 76.1 Å². The van der Waals surface area contributed by atoms with Crippen molar-refractivity contribution in [2.24, 2.45) is 0 Å². The number of halogens is 6. The minimum Gasteiger partial charge on any atom is -0.444 e. The Bertz CT molecular complexity index is 937. The first kappa shape index (κ1) is 25.2. The molecule has 32 heavy (non-hydrogen) atoms. The van der Waals surface area contributed by atoms with Gasteiger partial charge in [0.1, 0.15) is 11.4 Å². The second-order valence-electron chi connectivity index (χ2n) is 7.99. The fourth-order valence-corrected chi connectivity index (χ4v) is 2.57. The third-order valence-corrected chi connectivity index (χ3v) is 3.95. The van der Waals surface area contributed by atoms with Gasteiger partial charge in [-0.2, -0.15) is 26.3 Å². The molecule has 0 bridgehead atoms. The quantitative estimate of drug-likeness (QED) is 0.571. The van der Waals surface area contributed by atoms with Gasteiger partial charge >= 0.3 is 18.4 Å². The molecule has 0 saturated heterocycles. The number of nitrogens with zero attached hydrogens (tertiary/aromatic N) is 2. The maximum absolute atomic E-state index is 13.3. The monoisotopic (exact) mass is 464 g/mol. The minimum absolute atomic E-state index is 0.0488. The van der Waals surface area contributed by atoms with E-state index in [9.17, 15) is 31.1 Å². The molecule has 0 aliphatic carbocycles. The van der Waals surface area contributed by atoms with Crippen LogP contribution in [0.4, 0.5) is 37.0 Å². The summed E-state index contributed by atoms with van der Waals surface area (Å²) in [7, 11) is 0. The Morgan fingerprint density at radius 3 is 2.16 bits per heavy atom. The van der Waals surface area contributed by atoms with E-state index < -0.39 is 40.7 Å². The van der Waals surface area contributed by atoms with Crippen molar-refractivity contribution in [2.75, 3.05) is 11.9 Å². The van der Waals surface area contributed by atoms with Crippen LogP contribution in [-0.2, 0) is 17.1 Å². The number of hydrogen-bond donors (Lipinski definition) is 2. The number of anilines is 1. The fraction of sp³-hybridized carbons (Fsp3) is 0.450. The SMILES string of the molecule is C[C@H](CNc1ccc(-c2ccc(C(F)(F)F)cc2C(F)(F)F)nn1)NC(=O)OC(C)(C)C. The molecule has 0 aliphatic heterocycles. The largest absolute Gasteiger partial charge is 0.444 e. The van der Waals surface area contributed by atoms with E-state index in [1.165, 1.54) is 12.1 Å². The van der Waals surface area contributed by atoms with Crippen LogP contribution in [0, 0.1) is 0 Å². The van der Waals surface area contributed by atoms with Gasteiger partial charge in [0, 0.05) is 18.2 Å². The maximum Gasteiger partial charge on any atom is 0.417 e. The van der Waals surface area contributed by atoms with Gasteiger partial charge in [-0.15, -0.1) is 10.2 Å². The number of alkyl halides is 6. The summed E-state index contributed by atoms with van der Waals surface area (Å²) in [5.74, 6) is 0.201. The van der Waals surface area contributed by atoms with Crippen molar-refractivity contribution in [2.45, 2.75) is 51.7 Å². The van der Waals surface area contributed by atoms with Gasteiger partial charge in [-0.25, -0.2) is 4.79 Å². The van der Waals surface area contributed by atoms with Crippen LogP contribution in [0.25, 0.3) is 11.3 Å². The molecule has 1 aromatic heterocycles. The second-order valence-corrected chi connectivity index (χ2v) is 7.99. The van der Waals surface area contributed by atoms with E-state index in [2.05, 4.69) is 20.8 Å². The Morgan fingerprint density at radius 1 is 1.00 bits per heavy atom. The van der Waals surface area contributed by atoms with Crippen LogP contribution >= 0.6 is 0 Å². The van der Waals surface area contributed by atoms with Gasteiger partial charge in [0.15, 0.2) is 0 Å². The van der Waals surface area contributed by atoms with E-state index in [-0.39, 0.29) is 30.2 Å². The molecule has 2 N–H and O–H groups in total. The number of ether oxygens (including phenoxy) is 1. The lowest BCUT2D eigenvalue weighted by Gasteiger charge is -2.22. The molecule has 1 aromatic carbocycles. The summed E-state index contributed by atoms with van der Waals surface area (Å²) < 4.78 is 83.5. The molecule has 0 radical (unpaired) electrons. The predicted octanol–water partition coefficient (Wildman–Crippen LogP) is 5.51. The van der Waals surface area contributed by atoms with Gasteiger partial charge in [0.2, 0.25) is 0 Å². The highest BCUT2D eigenvalue weighted by Gasteiger charge is 2.38. The molecule has 12 heteroatoms. The smallest absolute Gasteiger partial charge is 0.417 e. The second kappa shape index (κ2) is 9.21. The van der Waals surface area contributed by atoms with E-state index >= 15 is 0 Å². The lowest BCUT2D eigenvalue weighted by Crippen LogP contribution is -2.40. The van der Waals surface area contributed by atoms with Gasteiger partial charge in [-0.05, 0) is 52.0 Å². The first-order valence-electron chi connectivity index (χ1n) is 9.42. The minimum atomic E-state index is -5.02. The van der Waals surface area contributed by atoms with Crippen LogP contribution in [-0.4, -0.2) is 34.5 Å². The Labute approximate surface area is 180 Å². The van der Waals surface area contributed by atoms with Crippen LogP contribution in [0.1, 0.15) is 38.8 Å². The highest BCUT2D eigenvalue weighted by molar-refractivity contribution is 5.68. The average Bonchev–Trinajstić information content (AvgIpc) is 2.63. The van der Waals surface area contributed by atoms with Gasteiger partial charge in [0.25, 0.3) is 0 Å². The Morgan fingerprint density at radius 2 is 1.66 bits per heavy atom. The molecular formula is C20H22F6N4O2. The number of alkyl carbamates (subject to hydrolysis) is 1.